The average molecular weight is 661 g/mol. The van der Waals surface area contributed by atoms with Crippen LogP contribution in [0, 0.1) is 31.1 Å². The molecule has 2 aliphatic rings. The number of benzene rings is 2. The molecule has 49 heavy (non-hydrogen) atoms. The van der Waals surface area contributed by atoms with Gasteiger partial charge in [-0.2, -0.15) is 5.26 Å². The normalized spacial score (nSPS) is 16.5. The van der Waals surface area contributed by atoms with Gasteiger partial charge in [0.15, 0.2) is 0 Å². The van der Waals surface area contributed by atoms with Crippen LogP contribution in [0.5, 0.6) is 0 Å². The molecule has 0 amide bonds. The Morgan fingerprint density at radius 1 is 0.939 bits per heavy atom. The molecule has 2 saturated heterocycles. The van der Waals surface area contributed by atoms with Gasteiger partial charge in [0.1, 0.15) is 6.07 Å². The van der Waals surface area contributed by atoms with Crippen molar-refractivity contribution in [2.45, 2.75) is 46.1 Å². The Hall–Kier alpha value is -4.46. The van der Waals surface area contributed by atoms with Crippen molar-refractivity contribution in [3.8, 4) is 6.07 Å². The van der Waals surface area contributed by atoms with Crippen LogP contribution in [0.2, 0.25) is 0 Å². The SMILES string of the molecule is CNCC(C)N(CCNc1cnc(N2CCC(CCN3CCN(c4ccc(C)c(C)c4)CC3)CC2)nc1)c1ccc(C#N)c2ncccc12. The number of pyridine rings is 1. The number of hydrogen-bond donors (Lipinski definition) is 2. The molecule has 0 saturated carbocycles. The summed E-state index contributed by atoms with van der Waals surface area (Å²) >= 11 is 0. The molecular formula is C39H52N10. The smallest absolute Gasteiger partial charge is 0.225 e. The molecule has 258 valence electrons. The number of nitrogens with one attached hydrogen (secondary N) is 2. The molecule has 0 bridgehead atoms. The number of aryl methyl sites for hydroxylation is 2. The van der Waals surface area contributed by atoms with Crippen LogP contribution < -0.4 is 25.3 Å². The first kappa shape index (κ1) is 34.4. The van der Waals surface area contributed by atoms with E-state index in [-0.39, 0.29) is 6.04 Å². The lowest BCUT2D eigenvalue weighted by Gasteiger charge is -2.38. The maximum absolute atomic E-state index is 9.61. The van der Waals surface area contributed by atoms with Crippen molar-refractivity contribution < 1.29 is 0 Å². The Morgan fingerprint density at radius 3 is 2.43 bits per heavy atom. The molecule has 1 unspecified atom stereocenters. The molecule has 0 aliphatic carbocycles. The van der Waals surface area contributed by atoms with Crippen molar-refractivity contribution in [1.82, 2.24) is 25.2 Å². The molecule has 4 heterocycles. The number of fused-ring (bicyclic) bond motifs is 1. The van der Waals surface area contributed by atoms with Gasteiger partial charge in [0.05, 0.1) is 29.2 Å². The van der Waals surface area contributed by atoms with E-state index in [4.69, 9.17) is 9.97 Å². The third kappa shape index (κ3) is 8.41. The number of piperazine rings is 1. The number of aromatic nitrogens is 3. The third-order valence-electron chi connectivity index (χ3n) is 10.5. The van der Waals surface area contributed by atoms with E-state index in [1.807, 2.05) is 37.6 Å². The number of nitriles is 1. The highest BCUT2D eigenvalue weighted by molar-refractivity contribution is 5.95. The second kappa shape index (κ2) is 16.3. The van der Waals surface area contributed by atoms with Crippen LogP contribution in [0.15, 0.2) is 61.1 Å². The van der Waals surface area contributed by atoms with Gasteiger partial charge in [0, 0.05) is 87.9 Å². The highest BCUT2D eigenvalue weighted by Crippen LogP contribution is 2.30. The monoisotopic (exact) mass is 660 g/mol. The third-order valence-corrected chi connectivity index (χ3v) is 10.5. The summed E-state index contributed by atoms with van der Waals surface area (Å²) in [5.74, 6) is 1.60. The summed E-state index contributed by atoms with van der Waals surface area (Å²) in [5, 5.41) is 17.4. The van der Waals surface area contributed by atoms with Gasteiger partial charge in [-0.15, -0.1) is 0 Å². The van der Waals surface area contributed by atoms with E-state index >= 15 is 0 Å². The van der Waals surface area contributed by atoms with Gasteiger partial charge in [-0.25, -0.2) is 9.97 Å². The lowest BCUT2D eigenvalue weighted by molar-refractivity contribution is 0.228. The molecule has 2 aromatic carbocycles. The summed E-state index contributed by atoms with van der Waals surface area (Å²) in [4.78, 5) is 23.9. The Morgan fingerprint density at radius 2 is 1.71 bits per heavy atom. The van der Waals surface area contributed by atoms with Crippen LogP contribution in [0.4, 0.5) is 23.0 Å². The van der Waals surface area contributed by atoms with Crippen molar-refractivity contribution in [2.75, 3.05) is 92.5 Å². The van der Waals surface area contributed by atoms with Crippen LogP contribution in [-0.2, 0) is 0 Å². The first-order valence-electron chi connectivity index (χ1n) is 18.0. The summed E-state index contributed by atoms with van der Waals surface area (Å²) in [5.41, 5.74) is 7.46. The Balaban J connectivity index is 0.950. The number of hydrogen-bond acceptors (Lipinski definition) is 10. The molecular weight excluding hydrogens is 608 g/mol. The molecule has 10 heteroatoms. The van der Waals surface area contributed by atoms with Gasteiger partial charge in [-0.1, -0.05) is 6.07 Å². The maximum atomic E-state index is 9.61. The number of likely N-dealkylation sites (N-methyl/N-ethyl adjacent to an activating group) is 1. The first-order valence-corrected chi connectivity index (χ1v) is 18.0. The number of anilines is 4. The zero-order chi connectivity index (χ0) is 34.2. The summed E-state index contributed by atoms with van der Waals surface area (Å²) in [6.45, 7) is 16.7. The van der Waals surface area contributed by atoms with Crippen molar-refractivity contribution in [3.05, 3.63) is 77.7 Å². The molecule has 1 atom stereocenters. The number of rotatable bonds is 13. The van der Waals surface area contributed by atoms with E-state index in [0.717, 1.165) is 93.0 Å². The quantitative estimate of drug-likeness (QED) is 0.192. The average Bonchev–Trinajstić information content (AvgIpc) is 3.14. The van der Waals surface area contributed by atoms with Gasteiger partial charge in [0.2, 0.25) is 5.95 Å². The fraction of sp³-hybridized carbons (Fsp3) is 0.487. The minimum Gasteiger partial charge on any atom is -0.381 e. The minimum absolute atomic E-state index is 0.239. The van der Waals surface area contributed by atoms with Gasteiger partial charge >= 0.3 is 0 Å². The van der Waals surface area contributed by atoms with Gasteiger partial charge in [-0.3, -0.25) is 9.88 Å². The highest BCUT2D eigenvalue weighted by atomic mass is 15.3. The fourth-order valence-corrected chi connectivity index (χ4v) is 7.32. The Kier molecular flexibility index (Phi) is 11.4. The highest BCUT2D eigenvalue weighted by Gasteiger charge is 2.24. The fourth-order valence-electron chi connectivity index (χ4n) is 7.32. The van der Waals surface area contributed by atoms with Crippen LogP contribution >= 0.6 is 0 Å². The lowest BCUT2D eigenvalue weighted by Crippen LogP contribution is -2.47. The summed E-state index contributed by atoms with van der Waals surface area (Å²) in [6.07, 6.45) is 9.25. The second-order valence-electron chi connectivity index (χ2n) is 13.8. The molecule has 10 nitrogen and oxygen atoms in total. The minimum atomic E-state index is 0.239. The molecule has 6 rings (SSSR count). The largest absolute Gasteiger partial charge is 0.381 e. The molecule has 0 radical (unpaired) electrons. The summed E-state index contributed by atoms with van der Waals surface area (Å²) < 4.78 is 0. The van der Waals surface area contributed by atoms with Crippen molar-refractivity contribution in [2.24, 2.45) is 5.92 Å². The van der Waals surface area contributed by atoms with E-state index in [2.05, 4.69) is 86.3 Å². The molecule has 2 aliphatic heterocycles. The second-order valence-corrected chi connectivity index (χ2v) is 13.8. The Labute approximate surface area is 292 Å². The van der Waals surface area contributed by atoms with Gasteiger partial charge in [-0.05, 0) is 107 Å². The predicted molar refractivity (Wildman–Crippen MR) is 202 cm³/mol. The zero-order valence-electron chi connectivity index (χ0n) is 29.7. The zero-order valence-corrected chi connectivity index (χ0v) is 29.7. The van der Waals surface area contributed by atoms with Crippen LogP contribution in [-0.4, -0.2) is 98.4 Å². The maximum Gasteiger partial charge on any atom is 0.225 e. The first-order chi connectivity index (χ1) is 23.9. The Bertz CT molecular complexity index is 1700. The van der Waals surface area contributed by atoms with E-state index < -0.39 is 0 Å². The molecule has 2 aromatic heterocycles. The van der Waals surface area contributed by atoms with Gasteiger partial charge in [0.25, 0.3) is 0 Å². The standard InChI is InChI=1S/C39H52N10/c1-29-7-9-35(24-30(29)2)47-22-20-46(21-23-47)16-11-32-12-17-48(18-13-32)39-44-27-34(28-45-39)42-15-19-49(31(3)26-41-4)37-10-8-33(25-40)38-36(37)6-5-14-43-38/h5-10,14,24,27-28,31-32,41-42H,11-13,15-23,26H2,1-4H3. The van der Waals surface area contributed by atoms with Crippen LogP contribution in [0.3, 0.4) is 0 Å². The molecule has 2 fully saturated rings. The van der Waals surface area contributed by atoms with Crippen LogP contribution in [0.25, 0.3) is 10.9 Å². The number of nitrogens with zero attached hydrogens (tertiary/aromatic N) is 8. The number of piperidine rings is 1. The summed E-state index contributed by atoms with van der Waals surface area (Å²) in [6, 6.07) is 17.3. The van der Waals surface area contributed by atoms with E-state index in [9.17, 15) is 5.26 Å². The van der Waals surface area contributed by atoms with E-state index in [1.54, 1.807) is 6.20 Å². The van der Waals surface area contributed by atoms with Crippen molar-refractivity contribution >= 4 is 33.9 Å². The van der Waals surface area contributed by atoms with Gasteiger partial charge < -0.3 is 25.3 Å². The summed E-state index contributed by atoms with van der Waals surface area (Å²) in [7, 11) is 1.98. The van der Waals surface area contributed by atoms with E-state index in [1.165, 1.54) is 42.6 Å². The van der Waals surface area contributed by atoms with Crippen molar-refractivity contribution in [3.63, 3.8) is 0 Å². The predicted octanol–water partition coefficient (Wildman–Crippen LogP) is 5.47. The lowest BCUT2D eigenvalue weighted by atomic mass is 9.93. The molecule has 0 spiro atoms. The van der Waals surface area contributed by atoms with E-state index in [0.29, 0.717) is 5.56 Å². The molecule has 4 aromatic rings. The van der Waals surface area contributed by atoms with Crippen LogP contribution in [0.1, 0.15) is 42.9 Å². The van der Waals surface area contributed by atoms with Crippen molar-refractivity contribution in [1.29, 1.82) is 5.26 Å². The topological polar surface area (TPSA) is 99.5 Å². The molecule has 2 N–H and O–H groups in total.